The van der Waals surface area contributed by atoms with Crippen molar-refractivity contribution in [3.05, 3.63) is 64.2 Å². The number of thiazole rings is 1. The SMILES string of the molecule is COc1ccc(CC(=O)Nc2nc3c(s2)CC2C(C)(CO)C(O)CCC2(C)C3CC(=O)NCCc2ccc(OC)c(OC)c2)cc1. The summed E-state index contributed by atoms with van der Waals surface area (Å²) >= 11 is 1.42. The number of aromatic nitrogens is 1. The molecule has 5 unspecified atom stereocenters. The van der Waals surface area contributed by atoms with E-state index in [9.17, 15) is 19.8 Å². The zero-order valence-corrected chi connectivity index (χ0v) is 28.0. The molecule has 11 heteroatoms. The summed E-state index contributed by atoms with van der Waals surface area (Å²) in [6.45, 7) is 4.41. The molecule has 3 aromatic rings. The lowest BCUT2D eigenvalue weighted by atomic mass is 9.47. The maximum Gasteiger partial charge on any atom is 0.230 e. The van der Waals surface area contributed by atoms with Crippen molar-refractivity contribution in [3.8, 4) is 17.2 Å². The van der Waals surface area contributed by atoms with Gasteiger partial charge in [-0.05, 0) is 72.4 Å². The minimum Gasteiger partial charge on any atom is -0.497 e. The van der Waals surface area contributed by atoms with E-state index in [2.05, 4.69) is 17.6 Å². The minimum absolute atomic E-state index is 0.0749. The largest absolute Gasteiger partial charge is 0.497 e. The third kappa shape index (κ3) is 6.72. The molecule has 0 spiro atoms. The number of benzene rings is 2. The molecule has 0 aliphatic heterocycles. The van der Waals surface area contributed by atoms with Gasteiger partial charge in [-0.25, -0.2) is 4.98 Å². The molecule has 0 bridgehead atoms. The summed E-state index contributed by atoms with van der Waals surface area (Å²) in [7, 11) is 4.79. The predicted octanol–water partition coefficient (Wildman–Crippen LogP) is 4.51. The van der Waals surface area contributed by atoms with Crippen LogP contribution in [0.25, 0.3) is 0 Å². The number of hydrogen-bond donors (Lipinski definition) is 4. The van der Waals surface area contributed by atoms with Gasteiger partial charge in [0, 0.05) is 29.2 Å². The highest BCUT2D eigenvalue weighted by Gasteiger charge is 2.59. The van der Waals surface area contributed by atoms with Crippen molar-refractivity contribution in [2.75, 3.05) is 39.8 Å². The molecule has 4 N–H and O–H groups in total. The molecule has 5 rings (SSSR count). The van der Waals surface area contributed by atoms with E-state index in [4.69, 9.17) is 19.2 Å². The summed E-state index contributed by atoms with van der Waals surface area (Å²) < 4.78 is 16.0. The zero-order chi connectivity index (χ0) is 33.1. The molecule has 2 aromatic carbocycles. The number of aliphatic hydroxyl groups excluding tert-OH is 2. The number of amides is 2. The first kappa shape index (κ1) is 33.7. The Morgan fingerprint density at radius 2 is 1.72 bits per heavy atom. The van der Waals surface area contributed by atoms with Crippen LogP contribution < -0.4 is 24.8 Å². The lowest BCUT2D eigenvalue weighted by Gasteiger charge is -2.58. The Kier molecular flexibility index (Phi) is 10.2. The Bertz CT molecular complexity index is 1540. The van der Waals surface area contributed by atoms with Crippen molar-refractivity contribution in [3.63, 3.8) is 0 Å². The van der Waals surface area contributed by atoms with E-state index in [1.165, 1.54) is 11.3 Å². The van der Waals surface area contributed by atoms with Crippen LogP contribution in [0.2, 0.25) is 0 Å². The van der Waals surface area contributed by atoms with Crippen LogP contribution in [0, 0.1) is 16.7 Å². The predicted molar refractivity (Wildman–Crippen MR) is 177 cm³/mol. The number of carbonyl (C=O) groups is 2. The molecule has 5 atom stereocenters. The lowest BCUT2D eigenvalue weighted by molar-refractivity contribution is -0.144. The fourth-order valence-electron chi connectivity index (χ4n) is 7.43. The highest BCUT2D eigenvalue weighted by atomic mass is 32.1. The first-order valence-electron chi connectivity index (χ1n) is 15.7. The smallest absolute Gasteiger partial charge is 0.230 e. The van der Waals surface area contributed by atoms with Gasteiger partial charge in [0.1, 0.15) is 5.75 Å². The van der Waals surface area contributed by atoms with Crippen molar-refractivity contribution in [2.45, 2.75) is 64.4 Å². The van der Waals surface area contributed by atoms with Crippen LogP contribution in [0.1, 0.15) is 60.7 Å². The van der Waals surface area contributed by atoms with E-state index in [0.717, 1.165) is 27.4 Å². The van der Waals surface area contributed by atoms with Crippen LogP contribution >= 0.6 is 11.3 Å². The van der Waals surface area contributed by atoms with E-state index < -0.39 is 11.5 Å². The molecular weight excluding hydrogens is 606 g/mol. The molecule has 1 heterocycles. The van der Waals surface area contributed by atoms with Crippen molar-refractivity contribution < 1.29 is 34.0 Å². The standard InChI is InChI=1S/C35H45N3O7S/c1-34-14-12-29(40)35(2,20-39)28(34)19-27-32(38-33(46-27)37-31(42)17-21-6-9-23(43-3)10-7-21)24(34)18-30(41)36-15-13-22-8-11-25(44-4)26(16-22)45-5/h6-11,16,24,28-29,39-40H,12-15,17-20H2,1-5H3,(H,36,41)(H,37,38,42). The number of nitrogens with one attached hydrogen (secondary N) is 2. The van der Waals surface area contributed by atoms with Crippen LogP contribution in [0.15, 0.2) is 42.5 Å². The number of carbonyl (C=O) groups excluding carboxylic acids is 2. The average Bonchev–Trinajstić information content (AvgIpc) is 3.45. The minimum atomic E-state index is -0.728. The van der Waals surface area contributed by atoms with E-state index in [1.807, 2.05) is 49.4 Å². The summed E-state index contributed by atoms with van der Waals surface area (Å²) in [6.07, 6.45) is 2.23. The number of anilines is 1. The molecule has 46 heavy (non-hydrogen) atoms. The summed E-state index contributed by atoms with van der Waals surface area (Å²) in [5.41, 5.74) is 1.58. The quantitative estimate of drug-likeness (QED) is 0.224. The Labute approximate surface area is 274 Å². The number of methoxy groups -OCH3 is 3. The van der Waals surface area contributed by atoms with Crippen LogP contribution in [-0.2, 0) is 28.9 Å². The van der Waals surface area contributed by atoms with E-state index >= 15 is 0 Å². The number of fused-ring (bicyclic) bond motifs is 2. The van der Waals surface area contributed by atoms with Crippen molar-refractivity contribution in [2.24, 2.45) is 16.7 Å². The van der Waals surface area contributed by atoms with Crippen LogP contribution in [0.4, 0.5) is 5.13 Å². The Morgan fingerprint density at radius 3 is 2.39 bits per heavy atom. The first-order valence-corrected chi connectivity index (χ1v) is 16.5. The Balaban J connectivity index is 1.34. The van der Waals surface area contributed by atoms with Gasteiger partial charge in [0.2, 0.25) is 11.8 Å². The maximum atomic E-state index is 13.5. The second-order valence-corrected chi connectivity index (χ2v) is 14.0. The molecule has 2 aliphatic rings. The van der Waals surface area contributed by atoms with Gasteiger partial charge >= 0.3 is 0 Å². The van der Waals surface area contributed by atoms with Gasteiger partial charge in [-0.15, -0.1) is 11.3 Å². The maximum absolute atomic E-state index is 13.5. The molecule has 0 radical (unpaired) electrons. The summed E-state index contributed by atoms with van der Waals surface area (Å²) in [5, 5.41) is 28.2. The second-order valence-electron chi connectivity index (χ2n) is 12.9. The van der Waals surface area contributed by atoms with Gasteiger partial charge in [0.05, 0.1) is 46.2 Å². The number of nitrogens with zero attached hydrogens (tertiary/aromatic N) is 1. The van der Waals surface area contributed by atoms with Crippen LogP contribution in [-0.4, -0.2) is 67.6 Å². The van der Waals surface area contributed by atoms with Crippen molar-refractivity contribution in [1.29, 1.82) is 0 Å². The molecule has 1 saturated carbocycles. The second kappa shape index (κ2) is 14.0. The third-order valence-electron chi connectivity index (χ3n) is 10.2. The zero-order valence-electron chi connectivity index (χ0n) is 27.2. The van der Waals surface area contributed by atoms with Gasteiger partial charge in [-0.3, -0.25) is 9.59 Å². The van der Waals surface area contributed by atoms with Gasteiger partial charge in [0.25, 0.3) is 0 Å². The topological polar surface area (TPSA) is 139 Å². The van der Waals surface area contributed by atoms with Gasteiger partial charge < -0.3 is 35.1 Å². The number of hydrogen-bond acceptors (Lipinski definition) is 9. The average molecular weight is 652 g/mol. The van der Waals surface area contributed by atoms with E-state index in [1.54, 1.807) is 21.3 Å². The highest BCUT2D eigenvalue weighted by molar-refractivity contribution is 7.15. The normalized spacial score (nSPS) is 25.2. The number of rotatable bonds is 12. The lowest BCUT2D eigenvalue weighted by Crippen LogP contribution is -2.57. The summed E-state index contributed by atoms with van der Waals surface area (Å²) in [5.74, 6) is 1.43. The molecule has 248 valence electrons. The Hall–Kier alpha value is -3.67. The molecule has 2 aliphatic carbocycles. The summed E-state index contributed by atoms with van der Waals surface area (Å²) in [4.78, 5) is 32.4. The molecule has 0 saturated heterocycles. The fourth-order valence-corrected chi connectivity index (χ4v) is 8.52. The molecule has 1 fully saturated rings. The van der Waals surface area contributed by atoms with Gasteiger partial charge in [0.15, 0.2) is 16.6 Å². The van der Waals surface area contributed by atoms with Gasteiger partial charge in [-0.1, -0.05) is 32.0 Å². The van der Waals surface area contributed by atoms with Crippen molar-refractivity contribution in [1.82, 2.24) is 10.3 Å². The molecule has 2 amide bonds. The van der Waals surface area contributed by atoms with E-state index in [-0.39, 0.29) is 48.5 Å². The molecule has 10 nitrogen and oxygen atoms in total. The Morgan fingerprint density at radius 1 is 1.00 bits per heavy atom. The third-order valence-corrected chi connectivity index (χ3v) is 11.2. The molecular formula is C35H45N3O7S. The van der Waals surface area contributed by atoms with Crippen LogP contribution in [0.3, 0.4) is 0 Å². The number of aliphatic hydroxyl groups is 2. The number of ether oxygens (including phenoxy) is 3. The van der Waals surface area contributed by atoms with Crippen molar-refractivity contribution >= 4 is 28.3 Å². The van der Waals surface area contributed by atoms with Crippen LogP contribution in [0.5, 0.6) is 17.2 Å². The monoisotopic (exact) mass is 651 g/mol. The first-order chi connectivity index (χ1) is 22.0. The highest BCUT2D eigenvalue weighted by Crippen LogP contribution is 2.62. The van der Waals surface area contributed by atoms with E-state index in [0.29, 0.717) is 48.9 Å². The molecule has 1 aromatic heterocycles. The van der Waals surface area contributed by atoms with Gasteiger partial charge in [-0.2, -0.15) is 0 Å². The fraction of sp³-hybridized carbons (Fsp3) is 0.514. The summed E-state index contributed by atoms with van der Waals surface area (Å²) in [6, 6.07) is 13.1.